The lowest BCUT2D eigenvalue weighted by Crippen LogP contribution is -2.14. The minimum atomic E-state index is -0.331. The summed E-state index contributed by atoms with van der Waals surface area (Å²) < 4.78 is 5.85. The molecule has 1 atom stereocenters. The van der Waals surface area contributed by atoms with Crippen LogP contribution in [0.25, 0.3) is 0 Å². The number of hydrogen-bond donors (Lipinski definition) is 1. The molecule has 1 unspecified atom stereocenters. The Morgan fingerprint density at radius 3 is 2.87 bits per heavy atom. The lowest BCUT2D eigenvalue weighted by molar-refractivity contribution is -0.144. The summed E-state index contributed by atoms with van der Waals surface area (Å²) in [6, 6.07) is 5.46. The Labute approximate surface area is 97.7 Å². The van der Waals surface area contributed by atoms with E-state index in [4.69, 9.17) is 10.5 Å². The van der Waals surface area contributed by atoms with E-state index < -0.39 is 0 Å². The van der Waals surface area contributed by atoms with Crippen molar-refractivity contribution in [2.75, 3.05) is 12.3 Å². The molecule has 4 heteroatoms. The number of halogens is 1. The molecule has 0 saturated carbocycles. The van der Waals surface area contributed by atoms with Gasteiger partial charge in [-0.3, -0.25) is 4.79 Å². The summed E-state index contributed by atoms with van der Waals surface area (Å²) in [4.78, 5) is 11.5. The largest absolute Gasteiger partial charge is 0.466 e. The minimum Gasteiger partial charge on any atom is -0.466 e. The van der Waals surface area contributed by atoms with Gasteiger partial charge in [0.1, 0.15) is 0 Å². The molecule has 0 heterocycles. The second-order valence-electron chi connectivity index (χ2n) is 3.25. The predicted molar refractivity (Wildman–Crippen MR) is 63.6 cm³/mol. The van der Waals surface area contributed by atoms with Crippen molar-refractivity contribution in [2.24, 2.45) is 0 Å². The van der Waals surface area contributed by atoms with Crippen molar-refractivity contribution in [1.29, 1.82) is 0 Å². The number of benzene rings is 1. The van der Waals surface area contributed by atoms with E-state index in [0.717, 1.165) is 10.0 Å². The standard InChI is InChI=1S/C11H14BrNO2/c1-3-15-11(14)7(2)9-6-8(12)4-5-10(9)13/h4-7H,3,13H2,1-2H3. The number of ether oxygens (including phenoxy) is 1. The van der Waals surface area contributed by atoms with E-state index in [1.807, 2.05) is 12.1 Å². The number of hydrogen-bond acceptors (Lipinski definition) is 3. The molecule has 2 N–H and O–H groups in total. The van der Waals surface area contributed by atoms with Gasteiger partial charge in [0.15, 0.2) is 0 Å². The summed E-state index contributed by atoms with van der Waals surface area (Å²) in [6.07, 6.45) is 0. The van der Waals surface area contributed by atoms with E-state index in [9.17, 15) is 4.79 Å². The molecule has 0 fully saturated rings. The van der Waals surface area contributed by atoms with Crippen LogP contribution in [0.2, 0.25) is 0 Å². The normalized spacial score (nSPS) is 12.2. The second-order valence-corrected chi connectivity index (χ2v) is 4.16. The molecule has 0 radical (unpaired) electrons. The maximum absolute atomic E-state index is 11.5. The van der Waals surface area contributed by atoms with Gasteiger partial charge in [-0.15, -0.1) is 0 Å². The van der Waals surface area contributed by atoms with Crippen LogP contribution < -0.4 is 5.73 Å². The Kier molecular flexibility index (Phi) is 4.15. The number of anilines is 1. The predicted octanol–water partition coefficient (Wildman–Crippen LogP) is 2.70. The fourth-order valence-corrected chi connectivity index (χ4v) is 1.69. The summed E-state index contributed by atoms with van der Waals surface area (Å²) in [6.45, 7) is 3.96. The maximum Gasteiger partial charge on any atom is 0.313 e. The SMILES string of the molecule is CCOC(=O)C(C)c1cc(Br)ccc1N. The Morgan fingerprint density at radius 1 is 1.60 bits per heavy atom. The fourth-order valence-electron chi connectivity index (χ4n) is 1.31. The van der Waals surface area contributed by atoms with Crippen LogP contribution in [0, 0.1) is 0 Å². The van der Waals surface area contributed by atoms with Crippen LogP contribution in [0.5, 0.6) is 0 Å². The Balaban J connectivity index is 2.94. The molecule has 1 aromatic rings. The van der Waals surface area contributed by atoms with Gasteiger partial charge in [0.05, 0.1) is 12.5 Å². The highest BCUT2D eigenvalue weighted by Crippen LogP contribution is 2.26. The average molecular weight is 272 g/mol. The molecule has 0 bridgehead atoms. The van der Waals surface area contributed by atoms with Gasteiger partial charge in [0, 0.05) is 10.2 Å². The van der Waals surface area contributed by atoms with E-state index in [2.05, 4.69) is 15.9 Å². The third-order valence-corrected chi connectivity index (χ3v) is 2.65. The van der Waals surface area contributed by atoms with E-state index >= 15 is 0 Å². The molecule has 0 aromatic heterocycles. The molecule has 0 aliphatic carbocycles. The first kappa shape index (κ1) is 12.0. The molecule has 15 heavy (non-hydrogen) atoms. The molecular formula is C11H14BrNO2. The summed E-state index contributed by atoms with van der Waals surface area (Å²) in [5, 5.41) is 0. The zero-order valence-corrected chi connectivity index (χ0v) is 10.4. The van der Waals surface area contributed by atoms with E-state index in [1.54, 1.807) is 19.9 Å². The lowest BCUT2D eigenvalue weighted by atomic mass is 10.00. The van der Waals surface area contributed by atoms with Gasteiger partial charge in [-0.25, -0.2) is 0 Å². The van der Waals surface area contributed by atoms with Gasteiger partial charge in [-0.1, -0.05) is 15.9 Å². The quantitative estimate of drug-likeness (QED) is 0.680. The molecule has 82 valence electrons. The van der Waals surface area contributed by atoms with Gasteiger partial charge >= 0.3 is 5.97 Å². The lowest BCUT2D eigenvalue weighted by Gasteiger charge is -2.13. The number of esters is 1. The summed E-state index contributed by atoms with van der Waals surface area (Å²) >= 11 is 3.35. The molecule has 0 aliphatic heterocycles. The molecule has 0 spiro atoms. The number of nitrogen functional groups attached to an aromatic ring is 1. The molecule has 0 saturated heterocycles. The van der Waals surface area contributed by atoms with Crippen molar-refractivity contribution in [2.45, 2.75) is 19.8 Å². The van der Waals surface area contributed by atoms with Crippen LogP contribution >= 0.6 is 15.9 Å². The van der Waals surface area contributed by atoms with Crippen molar-refractivity contribution < 1.29 is 9.53 Å². The van der Waals surface area contributed by atoms with Gasteiger partial charge in [0.2, 0.25) is 0 Å². The van der Waals surface area contributed by atoms with Crippen LogP contribution in [-0.4, -0.2) is 12.6 Å². The number of nitrogens with two attached hydrogens (primary N) is 1. The summed E-state index contributed by atoms with van der Waals surface area (Å²) in [7, 11) is 0. The Morgan fingerprint density at radius 2 is 2.27 bits per heavy atom. The third-order valence-electron chi connectivity index (χ3n) is 2.16. The molecule has 0 aliphatic rings. The highest BCUT2D eigenvalue weighted by atomic mass is 79.9. The van der Waals surface area contributed by atoms with Crippen molar-refractivity contribution in [3.05, 3.63) is 28.2 Å². The molecular weight excluding hydrogens is 258 g/mol. The first-order valence-electron chi connectivity index (χ1n) is 4.77. The highest BCUT2D eigenvalue weighted by molar-refractivity contribution is 9.10. The monoisotopic (exact) mass is 271 g/mol. The topological polar surface area (TPSA) is 52.3 Å². The smallest absolute Gasteiger partial charge is 0.313 e. The fraction of sp³-hybridized carbons (Fsp3) is 0.364. The Bertz CT molecular complexity index is 366. The number of rotatable bonds is 3. The molecule has 0 amide bonds. The van der Waals surface area contributed by atoms with Crippen LogP contribution in [0.15, 0.2) is 22.7 Å². The average Bonchev–Trinajstić information content (AvgIpc) is 2.21. The Hall–Kier alpha value is -1.03. The van der Waals surface area contributed by atoms with E-state index in [0.29, 0.717) is 12.3 Å². The van der Waals surface area contributed by atoms with Crippen molar-refractivity contribution in [3.63, 3.8) is 0 Å². The van der Waals surface area contributed by atoms with E-state index in [1.165, 1.54) is 0 Å². The van der Waals surface area contributed by atoms with Crippen molar-refractivity contribution in [1.82, 2.24) is 0 Å². The molecule has 1 rings (SSSR count). The third kappa shape index (κ3) is 2.96. The first-order chi connectivity index (χ1) is 7.06. The zero-order chi connectivity index (χ0) is 11.4. The van der Waals surface area contributed by atoms with E-state index in [-0.39, 0.29) is 11.9 Å². The van der Waals surface area contributed by atoms with Gasteiger partial charge in [-0.2, -0.15) is 0 Å². The van der Waals surface area contributed by atoms with Crippen LogP contribution in [0.1, 0.15) is 25.3 Å². The van der Waals surface area contributed by atoms with Gasteiger partial charge < -0.3 is 10.5 Å². The van der Waals surface area contributed by atoms with Crippen LogP contribution in [-0.2, 0) is 9.53 Å². The minimum absolute atomic E-state index is 0.248. The van der Waals surface area contributed by atoms with Gasteiger partial charge in [0.25, 0.3) is 0 Å². The van der Waals surface area contributed by atoms with Crippen molar-refractivity contribution >= 4 is 27.6 Å². The number of carbonyl (C=O) groups is 1. The summed E-state index contributed by atoms with van der Waals surface area (Å²) in [5.41, 5.74) is 7.20. The van der Waals surface area contributed by atoms with Crippen LogP contribution in [0.3, 0.4) is 0 Å². The first-order valence-corrected chi connectivity index (χ1v) is 5.57. The van der Waals surface area contributed by atoms with Crippen LogP contribution in [0.4, 0.5) is 5.69 Å². The highest BCUT2D eigenvalue weighted by Gasteiger charge is 2.18. The maximum atomic E-state index is 11.5. The second kappa shape index (κ2) is 5.16. The molecule has 1 aromatic carbocycles. The molecule has 3 nitrogen and oxygen atoms in total. The van der Waals surface area contributed by atoms with Crippen molar-refractivity contribution in [3.8, 4) is 0 Å². The number of carbonyl (C=O) groups excluding carboxylic acids is 1. The summed E-state index contributed by atoms with van der Waals surface area (Å²) in [5.74, 6) is -0.579. The zero-order valence-electron chi connectivity index (χ0n) is 8.79. The van der Waals surface area contributed by atoms with Gasteiger partial charge in [-0.05, 0) is 37.6 Å².